The highest BCUT2D eigenvalue weighted by Crippen LogP contribution is 2.43. The van der Waals surface area contributed by atoms with E-state index < -0.39 is 28.4 Å². The molecule has 1 fully saturated rings. The third-order valence-electron chi connectivity index (χ3n) is 5.56. The maximum Gasteiger partial charge on any atom is 0.300 e. The van der Waals surface area contributed by atoms with Gasteiger partial charge >= 0.3 is 0 Å². The number of aliphatic hydroxyl groups excluding tert-OH is 1. The van der Waals surface area contributed by atoms with Crippen LogP contribution in [0, 0.1) is 17.0 Å². The minimum atomic E-state index is -0.896. The van der Waals surface area contributed by atoms with Gasteiger partial charge in [0, 0.05) is 29.4 Å². The number of anilines is 1. The molecule has 172 valence electrons. The van der Waals surface area contributed by atoms with Crippen LogP contribution in [-0.4, -0.2) is 28.3 Å². The molecule has 1 heterocycles. The van der Waals surface area contributed by atoms with Gasteiger partial charge in [-0.15, -0.1) is 0 Å². The first kappa shape index (κ1) is 22.7. The van der Waals surface area contributed by atoms with Crippen LogP contribution >= 0.6 is 0 Å². The molecule has 1 saturated heterocycles. The average molecular weight is 458 g/mol. The molecule has 1 atom stereocenters. The van der Waals surface area contributed by atoms with E-state index in [-0.39, 0.29) is 16.8 Å². The third kappa shape index (κ3) is 4.13. The summed E-state index contributed by atoms with van der Waals surface area (Å²) < 4.78 is 5.56. The lowest BCUT2D eigenvalue weighted by molar-refractivity contribution is -0.384. The maximum atomic E-state index is 13.2. The number of benzene rings is 3. The van der Waals surface area contributed by atoms with Crippen molar-refractivity contribution in [2.75, 3.05) is 11.5 Å². The fourth-order valence-corrected chi connectivity index (χ4v) is 4.04. The molecule has 0 spiro atoms. The Balaban J connectivity index is 1.91. The number of Topliss-reactive ketones (excluding diaryl/α,β-unsaturated/α-hetero) is 1. The number of hydrogen-bond donors (Lipinski definition) is 1. The molecule has 4 rings (SSSR count). The number of ketones is 1. The number of ether oxygens (including phenoxy) is 1. The van der Waals surface area contributed by atoms with Crippen molar-refractivity contribution in [2.45, 2.75) is 19.9 Å². The van der Waals surface area contributed by atoms with E-state index in [1.54, 1.807) is 30.3 Å². The zero-order valence-electron chi connectivity index (χ0n) is 18.6. The first-order valence-corrected chi connectivity index (χ1v) is 10.7. The van der Waals surface area contributed by atoms with Gasteiger partial charge in [0.25, 0.3) is 17.4 Å². The van der Waals surface area contributed by atoms with Gasteiger partial charge in [-0.1, -0.05) is 35.9 Å². The van der Waals surface area contributed by atoms with E-state index in [0.29, 0.717) is 23.6 Å². The predicted molar refractivity (Wildman–Crippen MR) is 127 cm³/mol. The van der Waals surface area contributed by atoms with E-state index in [2.05, 4.69) is 0 Å². The van der Waals surface area contributed by atoms with Gasteiger partial charge in [-0.25, -0.2) is 0 Å². The fraction of sp³-hybridized carbons (Fsp3) is 0.154. The van der Waals surface area contributed by atoms with Gasteiger partial charge in [-0.05, 0) is 43.7 Å². The van der Waals surface area contributed by atoms with Crippen molar-refractivity contribution < 1.29 is 24.4 Å². The molecule has 1 N–H and O–H groups in total. The van der Waals surface area contributed by atoms with Crippen molar-refractivity contribution in [3.8, 4) is 5.75 Å². The number of carbonyl (C=O) groups is 2. The van der Waals surface area contributed by atoms with Crippen LogP contribution in [0.1, 0.15) is 29.7 Å². The summed E-state index contributed by atoms with van der Waals surface area (Å²) in [6.07, 6.45) is 0. The Morgan fingerprint density at radius 2 is 1.76 bits per heavy atom. The predicted octanol–water partition coefficient (Wildman–Crippen LogP) is 4.93. The molecule has 8 nitrogen and oxygen atoms in total. The summed E-state index contributed by atoms with van der Waals surface area (Å²) >= 11 is 0. The van der Waals surface area contributed by atoms with E-state index in [4.69, 9.17) is 4.74 Å². The minimum Gasteiger partial charge on any atom is -0.507 e. The first-order chi connectivity index (χ1) is 16.3. The van der Waals surface area contributed by atoms with Crippen LogP contribution < -0.4 is 9.64 Å². The molecule has 0 radical (unpaired) electrons. The van der Waals surface area contributed by atoms with Crippen molar-refractivity contribution >= 4 is 28.8 Å². The van der Waals surface area contributed by atoms with Gasteiger partial charge in [0.15, 0.2) is 0 Å². The second kappa shape index (κ2) is 9.19. The normalized spacial score (nSPS) is 17.1. The van der Waals surface area contributed by atoms with Crippen molar-refractivity contribution in [3.05, 3.63) is 105 Å². The highest BCUT2D eigenvalue weighted by molar-refractivity contribution is 6.51. The molecule has 3 aromatic rings. The summed E-state index contributed by atoms with van der Waals surface area (Å²) in [5.41, 5.74) is 1.96. The Hall–Kier alpha value is -4.46. The van der Waals surface area contributed by atoms with E-state index in [1.807, 2.05) is 32.0 Å². The number of non-ortho nitro benzene ring substituents is 1. The third-order valence-corrected chi connectivity index (χ3v) is 5.56. The van der Waals surface area contributed by atoms with Crippen LogP contribution in [0.25, 0.3) is 5.76 Å². The second-order valence-corrected chi connectivity index (χ2v) is 7.82. The molecular weight excluding hydrogens is 436 g/mol. The second-order valence-electron chi connectivity index (χ2n) is 7.82. The molecule has 3 aromatic carbocycles. The number of rotatable bonds is 6. The highest BCUT2D eigenvalue weighted by Gasteiger charge is 2.47. The van der Waals surface area contributed by atoms with E-state index >= 15 is 0 Å². The van der Waals surface area contributed by atoms with Gasteiger partial charge in [0.2, 0.25) is 0 Å². The fourth-order valence-electron chi connectivity index (χ4n) is 4.04. The molecule has 1 amide bonds. The smallest absolute Gasteiger partial charge is 0.300 e. The summed E-state index contributed by atoms with van der Waals surface area (Å²) in [6, 6.07) is 18.5. The lowest BCUT2D eigenvalue weighted by Crippen LogP contribution is -2.29. The molecule has 0 bridgehead atoms. The van der Waals surface area contributed by atoms with Crippen LogP contribution in [0.4, 0.5) is 11.4 Å². The van der Waals surface area contributed by atoms with Gasteiger partial charge in [0.05, 0.1) is 23.1 Å². The maximum absolute atomic E-state index is 13.2. The van der Waals surface area contributed by atoms with Crippen molar-refractivity contribution in [1.82, 2.24) is 0 Å². The number of nitro benzene ring substituents is 1. The van der Waals surface area contributed by atoms with Gasteiger partial charge in [-0.2, -0.15) is 0 Å². The highest BCUT2D eigenvalue weighted by atomic mass is 16.6. The van der Waals surface area contributed by atoms with E-state index in [1.165, 1.54) is 29.2 Å². The number of aryl methyl sites for hydroxylation is 1. The average Bonchev–Trinajstić information content (AvgIpc) is 3.09. The zero-order valence-corrected chi connectivity index (χ0v) is 18.6. The zero-order chi connectivity index (χ0) is 24.4. The van der Waals surface area contributed by atoms with Crippen LogP contribution in [0.2, 0.25) is 0 Å². The molecule has 0 aromatic heterocycles. The summed E-state index contributed by atoms with van der Waals surface area (Å²) in [6.45, 7) is 4.17. The van der Waals surface area contributed by atoms with Crippen LogP contribution in [0.3, 0.4) is 0 Å². The monoisotopic (exact) mass is 458 g/mol. The van der Waals surface area contributed by atoms with E-state index in [9.17, 15) is 24.8 Å². The lowest BCUT2D eigenvalue weighted by atomic mass is 9.94. The SMILES string of the molecule is CCOc1cccc(N2C(=O)C(=O)/C(=C(/O)c3ccc([N+](=O)[O-])cc3)C2c2cccc(C)c2)c1. The van der Waals surface area contributed by atoms with Crippen LogP contribution in [0.15, 0.2) is 78.4 Å². The topological polar surface area (TPSA) is 110 Å². The molecular formula is C26H22N2O6. The number of nitrogens with zero attached hydrogens (tertiary/aromatic N) is 2. The van der Waals surface area contributed by atoms with Crippen molar-refractivity contribution in [3.63, 3.8) is 0 Å². The first-order valence-electron chi connectivity index (χ1n) is 10.7. The number of amides is 1. The molecule has 1 aliphatic rings. The summed E-state index contributed by atoms with van der Waals surface area (Å²) in [5, 5.41) is 22.1. The van der Waals surface area contributed by atoms with Gasteiger partial charge in [-0.3, -0.25) is 24.6 Å². The summed E-state index contributed by atoms with van der Waals surface area (Å²) in [4.78, 5) is 38.2. The van der Waals surface area contributed by atoms with E-state index in [0.717, 1.165) is 5.56 Å². The Morgan fingerprint density at radius 3 is 2.41 bits per heavy atom. The number of hydrogen-bond acceptors (Lipinski definition) is 6. The van der Waals surface area contributed by atoms with Crippen LogP contribution in [0.5, 0.6) is 5.75 Å². The Labute approximate surface area is 195 Å². The van der Waals surface area contributed by atoms with Gasteiger partial charge < -0.3 is 9.84 Å². The minimum absolute atomic E-state index is 0.0914. The summed E-state index contributed by atoms with van der Waals surface area (Å²) in [5.74, 6) is -1.49. The van der Waals surface area contributed by atoms with Gasteiger partial charge in [0.1, 0.15) is 11.5 Å². The largest absolute Gasteiger partial charge is 0.507 e. The Bertz CT molecular complexity index is 1310. The molecule has 8 heteroatoms. The van der Waals surface area contributed by atoms with Crippen LogP contribution in [-0.2, 0) is 9.59 Å². The molecule has 0 aliphatic carbocycles. The quantitative estimate of drug-likeness (QED) is 0.184. The summed E-state index contributed by atoms with van der Waals surface area (Å²) in [7, 11) is 0. The molecule has 1 unspecified atom stereocenters. The molecule has 1 aliphatic heterocycles. The Kier molecular flexibility index (Phi) is 6.14. The molecule has 34 heavy (non-hydrogen) atoms. The standard InChI is InChI=1S/C26H22N2O6/c1-3-34-21-9-5-8-20(15-21)27-23(18-7-4-6-16(2)14-18)22(25(30)26(27)31)24(29)17-10-12-19(13-11-17)28(32)33/h4-15,23,29H,3H2,1-2H3/b24-22+. The lowest BCUT2D eigenvalue weighted by Gasteiger charge is -2.26. The number of nitro groups is 1. The molecule has 0 saturated carbocycles. The Morgan fingerprint density at radius 1 is 1.06 bits per heavy atom. The van der Waals surface area contributed by atoms with Crippen molar-refractivity contribution in [1.29, 1.82) is 0 Å². The number of aliphatic hydroxyl groups is 1. The van der Waals surface area contributed by atoms with Crippen molar-refractivity contribution in [2.24, 2.45) is 0 Å². The number of carbonyl (C=O) groups excluding carboxylic acids is 2.